The number of hydrogen-bond donors (Lipinski definition) is 3. The molecule has 1 atom stereocenters. The van der Waals surface area contributed by atoms with Gasteiger partial charge in [0.1, 0.15) is 0 Å². The van der Waals surface area contributed by atoms with Gasteiger partial charge in [0, 0.05) is 75.4 Å². The average Bonchev–Trinajstić information content (AvgIpc) is 3.33. The molecule has 0 saturated carbocycles. The first-order valence-electron chi connectivity index (χ1n) is 17.3. The van der Waals surface area contributed by atoms with E-state index in [1.807, 2.05) is 46.2 Å². The Bertz CT molecular complexity index is 1560. The third-order valence-electron chi connectivity index (χ3n) is 10.4. The Morgan fingerprint density at radius 2 is 1.72 bits per heavy atom. The van der Waals surface area contributed by atoms with Crippen molar-refractivity contribution in [2.24, 2.45) is 0 Å². The van der Waals surface area contributed by atoms with Crippen LogP contribution in [-0.2, 0) is 22.4 Å². The lowest BCUT2D eigenvalue weighted by Gasteiger charge is -2.38. The molecule has 4 aliphatic rings. The van der Waals surface area contributed by atoms with Gasteiger partial charge in [-0.05, 0) is 80.9 Å². The number of carbonyl (C=O) groups is 3. The minimum atomic E-state index is -0.926. The first-order chi connectivity index (χ1) is 23.0. The number of H-pyrrole nitrogens is 1. The number of nitrogens with zero attached hydrogens (tertiary/aromatic N) is 5. The number of aromatic nitrogens is 2. The summed E-state index contributed by atoms with van der Waals surface area (Å²) in [7, 11) is 0. The second-order valence-corrected chi connectivity index (χ2v) is 13.3. The molecule has 0 bridgehead atoms. The Morgan fingerprint density at radius 1 is 0.894 bits per heavy atom. The lowest BCUT2D eigenvalue weighted by molar-refractivity contribution is -0.140. The fraction of sp³-hybridized carbons (Fsp3) is 0.543. The summed E-state index contributed by atoms with van der Waals surface area (Å²) < 4.78 is 6.11. The molecule has 47 heavy (non-hydrogen) atoms. The summed E-state index contributed by atoms with van der Waals surface area (Å²) >= 11 is 0. The van der Waals surface area contributed by atoms with E-state index in [4.69, 9.17) is 4.74 Å². The highest BCUT2D eigenvalue weighted by Gasteiger charge is 2.35. The summed E-state index contributed by atoms with van der Waals surface area (Å²) in [5, 5.41) is 14.6. The van der Waals surface area contributed by atoms with E-state index in [2.05, 4.69) is 31.8 Å². The maximum Gasteiger partial charge on any atom is 0.410 e. The van der Waals surface area contributed by atoms with Crippen LogP contribution >= 0.6 is 0 Å². The number of hydrogen-bond acceptors (Lipinski definition) is 7. The minimum Gasteiger partial charge on any atom is -0.436 e. The summed E-state index contributed by atoms with van der Waals surface area (Å²) in [6, 6.07) is 14.3. The standard InChI is InChI=1S/C35H46N8O4/c44-33(41-16-3-15-40(20-21-41)28-8-13-36-14-9-28)32(23-25-6-7-31-27(22-25)24-37-39-31)47-35(46)42-17-11-29(12-18-42)43-19-10-26-4-1-2-5-30(26)38-34(43)45/h1-2,4-7,22,24,28-29,32,36H,3,8-21,23H2,(H,37,39)(H,38,45)/t32-/m1/s1. The molecular formula is C35H46N8O4. The lowest BCUT2D eigenvalue weighted by atomic mass is 10.0. The molecule has 4 amide bonds. The van der Waals surface area contributed by atoms with Crippen molar-refractivity contribution in [3.8, 4) is 0 Å². The van der Waals surface area contributed by atoms with Gasteiger partial charge in [0.15, 0.2) is 6.10 Å². The third kappa shape index (κ3) is 7.23. The maximum absolute atomic E-state index is 14.1. The molecule has 3 fully saturated rings. The predicted octanol–water partition coefficient (Wildman–Crippen LogP) is 3.45. The van der Waals surface area contributed by atoms with Crippen LogP contribution in [-0.4, -0.2) is 125 Å². The van der Waals surface area contributed by atoms with E-state index in [0.717, 1.165) is 79.6 Å². The normalized spacial score (nSPS) is 21.1. The van der Waals surface area contributed by atoms with Crippen LogP contribution in [0.2, 0.25) is 0 Å². The zero-order valence-corrected chi connectivity index (χ0v) is 27.0. The van der Waals surface area contributed by atoms with Crippen molar-refractivity contribution in [1.29, 1.82) is 0 Å². The number of urea groups is 1. The number of piperidine rings is 2. The van der Waals surface area contributed by atoms with Gasteiger partial charge in [-0.1, -0.05) is 24.3 Å². The van der Waals surface area contributed by atoms with Crippen LogP contribution in [0.3, 0.4) is 0 Å². The Kier molecular flexibility index (Phi) is 9.57. The first-order valence-corrected chi connectivity index (χ1v) is 17.3. The Hall–Kier alpha value is -4.16. The van der Waals surface area contributed by atoms with Crippen molar-refractivity contribution in [3.05, 3.63) is 59.8 Å². The van der Waals surface area contributed by atoms with E-state index in [1.165, 1.54) is 0 Å². The summed E-state index contributed by atoms with van der Waals surface area (Å²) in [5.41, 5.74) is 3.84. The number of ether oxygens (including phenoxy) is 1. The molecule has 0 aliphatic carbocycles. The zero-order chi connectivity index (χ0) is 32.2. The van der Waals surface area contributed by atoms with Gasteiger partial charge >= 0.3 is 12.1 Å². The second-order valence-electron chi connectivity index (χ2n) is 13.3. The van der Waals surface area contributed by atoms with Crippen molar-refractivity contribution in [2.45, 2.75) is 63.1 Å². The molecule has 3 saturated heterocycles. The van der Waals surface area contributed by atoms with Gasteiger partial charge in [0.25, 0.3) is 5.91 Å². The smallest absolute Gasteiger partial charge is 0.410 e. The number of benzene rings is 2. The van der Waals surface area contributed by atoms with E-state index < -0.39 is 12.2 Å². The highest BCUT2D eigenvalue weighted by molar-refractivity contribution is 5.91. The number of nitrogens with one attached hydrogen (secondary N) is 3. The van der Waals surface area contributed by atoms with E-state index in [-0.39, 0.29) is 18.0 Å². The number of likely N-dealkylation sites (tertiary alicyclic amines) is 1. The summed E-state index contributed by atoms with van der Waals surface area (Å²) in [6.07, 6.45) is 5.95. The van der Waals surface area contributed by atoms with Gasteiger partial charge in [-0.2, -0.15) is 5.10 Å². The number of anilines is 1. The third-order valence-corrected chi connectivity index (χ3v) is 10.4. The number of amides is 4. The molecule has 12 nitrogen and oxygen atoms in total. The Labute approximate surface area is 275 Å². The molecule has 5 heterocycles. The topological polar surface area (TPSA) is 126 Å². The molecule has 12 heteroatoms. The molecule has 4 aliphatic heterocycles. The fourth-order valence-corrected chi connectivity index (χ4v) is 7.71. The van der Waals surface area contributed by atoms with E-state index in [9.17, 15) is 14.4 Å². The molecule has 250 valence electrons. The minimum absolute atomic E-state index is 0.0347. The quantitative estimate of drug-likeness (QED) is 0.376. The van der Waals surface area contributed by atoms with Gasteiger partial charge in [-0.15, -0.1) is 0 Å². The van der Waals surface area contributed by atoms with Crippen molar-refractivity contribution >= 4 is 34.6 Å². The van der Waals surface area contributed by atoms with Gasteiger partial charge in [-0.3, -0.25) is 14.8 Å². The molecular weight excluding hydrogens is 596 g/mol. The zero-order valence-electron chi connectivity index (χ0n) is 27.0. The van der Waals surface area contributed by atoms with Crippen molar-refractivity contribution in [1.82, 2.24) is 35.1 Å². The van der Waals surface area contributed by atoms with E-state index in [0.29, 0.717) is 58.0 Å². The Balaban J connectivity index is 0.998. The summed E-state index contributed by atoms with van der Waals surface area (Å²) in [4.78, 5) is 48.9. The fourth-order valence-electron chi connectivity index (χ4n) is 7.71. The van der Waals surface area contributed by atoms with Gasteiger partial charge in [0.2, 0.25) is 0 Å². The number of carbonyl (C=O) groups excluding carboxylic acids is 3. The van der Waals surface area contributed by atoms with Crippen LogP contribution in [0.15, 0.2) is 48.7 Å². The molecule has 0 unspecified atom stereocenters. The molecule has 0 spiro atoms. The van der Waals surface area contributed by atoms with Crippen LogP contribution in [0.4, 0.5) is 15.3 Å². The van der Waals surface area contributed by atoms with Crippen LogP contribution in [0.25, 0.3) is 10.9 Å². The molecule has 2 aromatic carbocycles. The number of rotatable bonds is 6. The summed E-state index contributed by atoms with van der Waals surface area (Å²) in [6.45, 7) is 6.76. The SMILES string of the molecule is O=C(O[C@H](Cc1ccc2[nH]ncc2c1)C(=O)N1CCCN(C2CCNCC2)CC1)N1CCC(N2CCc3ccccc3NC2=O)CC1. The van der Waals surface area contributed by atoms with Gasteiger partial charge < -0.3 is 30.1 Å². The average molecular weight is 643 g/mol. The number of fused-ring (bicyclic) bond motifs is 2. The van der Waals surface area contributed by atoms with Gasteiger partial charge in [-0.25, -0.2) is 9.59 Å². The number of para-hydroxylation sites is 1. The van der Waals surface area contributed by atoms with Gasteiger partial charge in [0.05, 0.1) is 11.7 Å². The largest absolute Gasteiger partial charge is 0.436 e. The van der Waals surface area contributed by atoms with E-state index >= 15 is 0 Å². The molecule has 0 radical (unpaired) electrons. The van der Waals surface area contributed by atoms with Crippen molar-refractivity contribution in [3.63, 3.8) is 0 Å². The monoisotopic (exact) mass is 642 g/mol. The van der Waals surface area contributed by atoms with Crippen LogP contribution in [0.5, 0.6) is 0 Å². The molecule has 3 N–H and O–H groups in total. The van der Waals surface area contributed by atoms with Crippen molar-refractivity contribution < 1.29 is 19.1 Å². The van der Waals surface area contributed by atoms with Crippen LogP contribution < -0.4 is 10.6 Å². The molecule has 1 aromatic heterocycles. The summed E-state index contributed by atoms with van der Waals surface area (Å²) in [5.74, 6) is -0.131. The molecule has 7 rings (SSSR count). The molecule has 3 aromatic rings. The van der Waals surface area contributed by atoms with E-state index in [1.54, 1.807) is 11.1 Å². The second kappa shape index (κ2) is 14.3. The lowest BCUT2D eigenvalue weighted by Crippen LogP contribution is -2.51. The maximum atomic E-state index is 14.1. The predicted molar refractivity (Wildman–Crippen MR) is 179 cm³/mol. The number of aromatic amines is 1. The van der Waals surface area contributed by atoms with Crippen LogP contribution in [0.1, 0.15) is 43.2 Å². The highest BCUT2D eigenvalue weighted by atomic mass is 16.6. The Morgan fingerprint density at radius 3 is 2.57 bits per heavy atom. The van der Waals surface area contributed by atoms with Crippen molar-refractivity contribution in [2.75, 3.05) is 64.2 Å². The first kappa shape index (κ1) is 31.4. The highest BCUT2D eigenvalue weighted by Crippen LogP contribution is 2.26. The van der Waals surface area contributed by atoms with Crippen LogP contribution in [0, 0.1) is 0 Å².